The van der Waals surface area contributed by atoms with Crippen molar-refractivity contribution >= 4 is 74.4 Å². The first-order chi connectivity index (χ1) is 9.36. The molecule has 0 aliphatic heterocycles. The molecular weight excluding hydrogens is 303 g/mol. The summed E-state index contributed by atoms with van der Waals surface area (Å²) in [6.07, 6.45) is 6.86. The number of carbonyl (C=O) groups excluding carboxylic acids is 2. The third kappa shape index (κ3) is 2.86. The summed E-state index contributed by atoms with van der Waals surface area (Å²) in [4.78, 5) is 22.4. The van der Waals surface area contributed by atoms with Crippen LogP contribution in [0.4, 0.5) is 0 Å². The fourth-order valence-corrected chi connectivity index (χ4v) is 3.04. The van der Waals surface area contributed by atoms with Gasteiger partial charge in [0.15, 0.2) is 11.6 Å². The molecule has 0 saturated heterocycles. The second-order valence-electron chi connectivity index (χ2n) is 4.45. The Bertz CT molecular complexity index is 952. The number of fused-ring (bicyclic) bond motifs is 2. The molecule has 3 rings (SSSR count). The van der Waals surface area contributed by atoms with Gasteiger partial charge in [0.25, 0.3) is 10.1 Å². The van der Waals surface area contributed by atoms with Gasteiger partial charge in [-0.2, -0.15) is 8.42 Å². The van der Waals surface area contributed by atoms with Gasteiger partial charge in [-0.25, -0.2) is 0 Å². The zero-order valence-corrected chi connectivity index (χ0v) is 10.8. The standard InChI is InChI=1S/C14H8O5S.Na.H/c15-11-3-1-8-7-12-9(5-10(8)6-11)2-4-13(16)14(12)20(17,18)19;;/h1-7H,(H,17,18,19);;. The van der Waals surface area contributed by atoms with E-state index in [2.05, 4.69) is 0 Å². The van der Waals surface area contributed by atoms with Crippen LogP contribution in [0.1, 0.15) is 11.1 Å². The van der Waals surface area contributed by atoms with E-state index in [4.69, 9.17) is 0 Å². The first-order valence-corrected chi connectivity index (χ1v) is 7.12. The van der Waals surface area contributed by atoms with E-state index in [1.165, 1.54) is 24.3 Å². The monoisotopic (exact) mass is 312 g/mol. The molecular formula is C14H9NaO5S. The van der Waals surface area contributed by atoms with Gasteiger partial charge in [-0.3, -0.25) is 14.1 Å². The Morgan fingerprint density at radius 2 is 1.57 bits per heavy atom. The molecule has 102 valence electrons. The van der Waals surface area contributed by atoms with Crippen LogP contribution in [0.5, 0.6) is 0 Å². The number of hydrogen-bond acceptors (Lipinski definition) is 4. The first-order valence-electron chi connectivity index (χ1n) is 5.68. The molecule has 21 heavy (non-hydrogen) atoms. The summed E-state index contributed by atoms with van der Waals surface area (Å²) in [5.41, 5.74) is 1.09. The van der Waals surface area contributed by atoms with Gasteiger partial charge in [0.05, 0.1) is 0 Å². The molecule has 2 aliphatic rings. The van der Waals surface area contributed by atoms with Crippen molar-refractivity contribution in [3.05, 3.63) is 45.8 Å². The van der Waals surface area contributed by atoms with E-state index in [-0.39, 0.29) is 40.6 Å². The first kappa shape index (κ1) is 16.1. The van der Waals surface area contributed by atoms with Crippen molar-refractivity contribution in [1.82, 2.24) is 0 Å². The van der Waals surface area contributed by atoms with Crippen molar-refractivity contribution < 1.29 is 22.6 Å². The summed E-state index contributed by atoms with van der Waals surface area (Å²) in [5, 5.41) is 0.788. The van der Waals surface area contributed by atoms with Gasteiger partial charge in [-0.1, -0.05) is 12.2 Å². The van der Waals surface area contributed by atoms with E-state index in [1.54, 1.807) is 12.1 Å². The fraction of sp³-hybridized carbons (Fsp3) is 0. The van der Waals surface area contributed by atoms with Crippen LogP contribution in [0.15, 0.2) is 24.3 Å². The van der Waals surface area contributed by atoms with Crippen LogP contribution in [-0.4, -0.2) is 54.1 Å². The van der Waals surface area contributed by atoms with Crippen molar-refractivity contribution in [2.24, 2.45) is 0 Å². The van der Waals surface area contributed by atoms with Gasteiger partial charge in [0.2, 0.25) is 0 Å². The van der Waals surface area contributed by atoms with Gasteiger partial charge in [-0.05, 0) is 46.7 Å². The van der Waals surface area contributed by atoms with Gasteiger partial charge in [-0.15, -0.1) is 0 Å². The van der Waals surface area contributed by atoms with Gasteiger partial charge < -0.3 is 0 Å². The van der Waals surface area contributed by atoms with E-state index >= 15 is 0 Å². The average molecular weight is 312 g/mol. The average Bonchev–Trinajstić information content (AvgIpc) is 2.35. The summed E-state index contributed by atoms with van der Waals surface area (Å²) in [5.74, 6) is -0.924. The Hall–Kier alpha value is -1.31. The van der Waals surface area contributed by atoms with E-state index in [9.17, 15) is 22.6 Å². The SMILES string of the molecule is O=C1C=Cc2cc3c(cc2=C1)C=CC(=O)C=3S(=O)(=O)O.[NaH]. The molecule has 7 heteroatoms. The molecule has 0 aromatic heterocycles. The number of allylic oxidation sites excluding steroid dienone is 2. The molecule has 0 heterocycles. The topological polar surface area (TPSA) is 88.5 Å². The third-order valence-electron chi connectivity index (χ3n) is 3.12. The second kappa shape index (κ2) is 5.47. The molecule has 0 amide bonds. The predicted molar refractivity (Wildman–Crippen MR) is 80.3 cm³/mol. The Kier molecular flexibility index (Phi) is 4.19. The molecule has 2 aliphatic carbocycles. The van der Waals surface area contributed by atoms with E-state index in [0.29, 0.717) is 16.3 Å². The van der Waals surface area contributed by atoms with Gasteiger partial charge in [0.1, 0.15) is 4.91 Å². The maximum atomic E-state index is 11.7. The number of carbonyl (C=O) groups is 2. The second-order valence-corrected chi connectivity index (χ2v) is 5.81. The number of benzene rings is 1. The van der Waals surface area contributed by atoms with Crippen LogP contribution in [0.2, 0.25) is 0 Å². The Morgan fingerprint density at radius 1 is 0.905 bits per heavy atom. The number of ketones is 2. The summed E-state index contributed by atoms with van der Waals surface area (Å²) < 4.78 is 31.9. The molecule has 5 nitrogen and oxygen atoms in total. The van der Waals surface area contributed by atoms with Crippen LogP contribution < -0.4 is 10.4 Å². The molecule has 0 unspecified atom stereocenters. The van der Waals surface area contributed by atoms with Gasteiger partial charge in [0, 0.05) is 5.22 Å². The molecule has 1 aromatic carbocycles. The van der Waals surface area contributed by atoms with Crippen LogP contribution >= 0.6 is 0 Å². The Labute approximate surface area is 142 Å². The summed E-state index contributed by atoms with van der Waals surface area (Å²) in [6, 6.07) is 3.09. The molecule has 1 N–H and O–H groups in total. The van der Waals surface area contributed by atoms with Crippen molar-refractivity contribution in [2.45, 2.75) is 0 Å². The van der Waals surface area contributed by atoms with Crippen LogP contribution in [-0.2, 0) is 19.7 Å². The number of rotatable bonds is 1. The molecule has 0 radical (unpaired) electrons. The molecule has 0 atom stereocenters. The molecule has 0 bridgehead atoms. The molecule has 1 aromatic rings. The van der Waals surface area contributed by atoms with Crippen molar-refractivity contribution in [2.75, 3.05) is 0 Å². The molecule has 0 saturated carbocycles. The van der Waals surface area contributed by atoms with Crippen LogP contribution in [0.25, 0.3) is 23.1 Å². The molecule has 0 spiro atoms. The summed E-state index contributed by atoms with van der Waals surface area (Å²) in [6.45, 7) is 0. The van der Waals surface area contributed by atoms with Gasteiger partial charge >= 0.3 is 29.6 Å². The third-order valence-corrected chi connectivity index (χ3v) is 4.06. The molecule has 0 fully saturated rings. The van der Waals surface area contributed by atoms with Crippen LogP contribution in [0.3, 0.4) is 0 Å². The summed E-state index contributed by atoms with van der Waals surface area (Å²) in [7, 11) is -4.61. The summed E-state index contributed by atoms with van der Waals surface area (Å²) >= 11 is 0. The zero-order chi connectivity index (χ0) is 14.5. The zero-order valence-electron chi connectivity index (χ0n) is 10.0. The Morgan fingerprint density at radius 3 is 2.24 bits per heavy atom. The van der Waals surface area contributed by atoms with E-state index in [0.717, 1.165) is 6.08 Å². The van der Waals surface area contributed by atoms with Crippen molar-refractivity contribution in [1.29, 1.82) is 0 Å². The van der Waals surface area contributed by atoms with Crippen molar-refractivity contribution in [3.63, 3.8) is 0 Å². The Balaban J connectivity index is 0.00000161. The van der Waals surface area contributed by atoms with Crippen LogP contribution in [0, 0.1) is 0 Å². The van der Waals surface area contributed by atoms with Crippen molar-refractivity contribution in [3.8, 4) is 0 Å². The fourth-order valence-electron chi connectivity index (χ4n) is 2.27. The minimum atomic E-state index is -4.61. The quantitative estimate of drug-likeness (QED) is 0.531. The normalized spacial score (nSPS) is 16.0. The predicted octanol–water partition coefficient (Wildman–Crippen LogP) is -0.994. The maximum absolute atomic E-state index is 11.7. The van der Waals surface area contributed by atoms with E-state index in [1.807, 2.05) is 0 Å². The minimum absolute atomic E-state index is 0. The number of hydrogen-bond donors (Lipinski definition) is 1. The van der Waals surface area contributed by atoms with E-state index < -0.39 is 20.8 Å².